The fraction of sp³-hybridized carbons (Fsp3) is 0.440. The number of ether oxygens (including phenoxy) is 1. The molecule has 0 radical (unpaired) electrons. The number of aromatic amines is 1. The monoisotopic (exact) mass is 446 g/mol. The first-order valence-corrected chi connectivity index (χ1v) is 11.8. The van der Waals surface area contributed by atoms with Crippen LogP contribution in [0.3, 0.4) is 0 Å². The van der Waals surface area contributed by atoms with Crippen molar-refractivity contribution in [3.63, 3.8) is 0 Å². The van der Waals surface area contributed by atoms with E-state index in [0.717, 1.165) is 37.3 Å². The number of H-pyrrole nitrogens is 1. The average molecular weight is 447 g/mol. The lowest BCUT2D eigenvalue weighted by atomic mass is 9.83. The number of carbonyl (C=O) groups is 1. The highest BCUT2D eigenvalue weighted by Crippen LogP contribution is 2.39. The van der Waals surface area contributed by atoms with E-state index in [2.05, 4.69) is 31.5 Å². The summed E-state index contributed by atoms with van der Waals surface area (Å²) in [7, 11) is 2.05. The molecule has 0 saturated heterocycles. The Morgan fingerprint density at radius 3 is 2.64 bits per heavy atom. The first-order chi connectivity index (χ1) is 16.1. The van der Waals surface area contributed by atoms with Gasteiger partial charge in [0.1, 0.15) is 11.6 Å². The summed E-state index contributed by atoms with van der Waals surface area (Å²) in [6.07, 6.45) is 8.72. The van der Waals surface area contributed by atoms with E-state index in [1.54, 1.807) is 6.20 Å². The summed E-state index contributed by atoms with van der Waals surface area (Å²) in [6.45, 7) is 0. The lowest BCUT2D eigenvalue weighted by Gasteiger charge is -2.34. The number of nitrogens with zero attached hydrogens (tertiary/aromatic N) is 4. The zero-order chi connectivity index (χ0) is 22.6. The van der Waals surface area contributed by atoms with Crippen LogP contribution in [0.2, 0.25) is 0 Å². The number of anilines is 3. The summed E-state index contributed by atoms with van der Waals surface area (Å²) >= 11 is 0. The minimum atomic E-state index is -0.150. The van der Waals surface area contributed by atoms with Crippen LogP contribution in [0.5, 0.6) is 5.75 Å². The van der Waals surface area contributed by atoms with Crippen molar-refractivity contribution in [1.82, 2.24) is 20.2 Å². The molecule has 1 aromatic carbocycles. The summed E-state index contributed by atoms with van der Waals surface area (Å²) in [5.41, 5.74) is 1.19. The van der Waals surface area contributed by atoms with Crippen LogP contribution in [-0.4, -0.2) is 39.2 Å². The fourth-order valence-corrected chi connectivity index (χ4v) is 4.52. The van der Waals surface area contributed by atoms with Crippen molar-refractivity contribution < 1.29 is 9.53 Å². The van der Waals surface area contributed by atoms with E-state index in [1.165, 1.54) is 18.5 Å². The lowest BCUT2D eigenvalue weighted by Crippen LogP contribution is -2.36. The molecule has 0 aliphatic heterocycles. The highest BCUT2D eigenvalue weighted by atomic mass is 16.5. The van der Waals surface area contributed by atoms with Crippen molar-refractivity contribution in [2.45, 2.75) is 56.9 Å². The molecule has 8 nitrogen and oxygen atoms in total. The third-order valence-corrected chi connectivity index (χ3v) is 6.62. The SMILES string of the molecule is CN(c1nccc(Nc2cc(C3CC3)[nH]n2)n1)C1CCC(CC(=O)Oc2ccccc2)CC1. The molecule has 2 aliphatic carbocycles. The molecule has 2 saturated carbocycles. The molecule has 0 bridgehead atoms. The van der Waals surface area contributed by atoms with Gasteiger partial charge in [-0.1, -0.05) is 18.2 Å². The van der Waals surface area contributed by atoms with Gasteiger partial charge in [0, 0.05) is 43.4 Å². The van der Waals surface area contributed by atoms with Crippen LogP contribution in [0.25, 0.3) is 0 Å². The largest absolute Gasteiger partial charge is 0.427 e. The van der Waals surface area contributed by atoms with Crippen LogP contribution in [0.4, 0.5) is 17.6 Å². The first-order valence-electron chi connectivity index (χ1n) is 11.8. The molecule has 2 N–H and O–H groups in total. The quantitative estimate of drug-likeness (QED) is 0.379. The summed E-state index contributed by atoms with van der Waals surface area (Å²) in [4.78, 5) is 23.6. The van der Waals surface area contributed by atoms with Crippen molar-refractivity contribution in [3.05, 3.63) is 54.4 Å². The van der Waals surface area contributed by atoms with E-state index in [1.807, 2.05) is 43.4 Å². The van der Waals surface area contributed by atoms with Gasteiger partial charge in [-0.2, -0.15) is 10.1 Å². The Morgan fingerprint density at radius 2 is 1.88 bits per heavy atom. The lowest BCUT2D eigenvalue weighted by molar-refractivity contribution is -0.135. The molecule has 172 valence electrons. The average Bonchev–Trinajstić information content (AvgIpc) is 3.59. The van der Waals surface area contributed by atoms with E-state index < -0.39 is 0 Å². The van der Waals surface area contributed by atoms with Gasteiger partial charge in [-0.25, -0.2) is 4.98 Å². The van der Waals surface area contributed by atoms with Gasteiger partial charge in [-0.15, -0.1) is 0 Å². The van der Waals surface area contributed by atoms with Gasteiger partial charge in [-0.05, 0) is 62.6 Å². The zero-order valence-electron chi connectivity index (χ0n) is 18.9. The van der Waals surface area contributed by atoms with Gasteiger partial charge in [-0.3, -0.25) is 9.89 Å². The van der Waals surface area contributed by atoms with Crippen LogP contribution in [0.15, 0.2) is 48.7 Å². The number of para-hydroxylation sites is 1. The first kappa shape index (κ1) is 21.4. The Bertz CT molecular complexity index is 1070. The number of rotatable bonds is 8. The Balaban J connectivity index is 1.12. The topological polar surface area (TPSA) is 96.0 Å². The van der Waals surface area contributed by atoms with E-state index in [9.17, 15) is 4.79 Å². The molecule has 0 spiro atoms. The minimum Gasteiger partial charge on any atom is -0.427 e. The normalized spacial score (nSPS) is 20.3. The van der Waals surface area contributed by atoms with Crippen LogP contribution in [0.1, 0.15) is 56.6 Å². The van der Waals surface area contributed by atoms with Crippen molar-refractivity contribution in [2.24, 2.45) is 5.92 Å². The second-order valence-corrected chi connectivity index (χ2v) is 9.13. The molecule has 0 amide bonds. The van der Waals surface area contributed by atoms with Crippen molar-refractivity contribution in [1.29, 1.82) is 0 Å². The summed E-state index contributed by atoms with van der Waals surface area (Å²) in [6, 6.07) is 13.6. The Labute approximate surface area is 193 Å². The Morgan fingerprint density at radius 1 is 1.09 bits per heavy atom. The zero-order valence-corrected chi connectivity index (χ0v) is 18.9. The molecule has 5 rings (SSSR count). The molecule has 0 atom stereocenters. The summed E-state index contributed by atoms with van der Waals surface area (Å²) < 4.78 is 5.46. The summed E-state index contributed by atoms with van der Waals surface area (Å²) in [5, 5.41) is 10.7. The van der Waals surface area contributed by atoms with Crippen LogP contribution in [0, 0.1) is 5.92 Å². The van der Waals surface area contributed by atoms with Crippen molar-refractivity contribution in [3.8, 4) is 5.75 Å². The summed E-state index contributed by atoms with van der Waals surface area (Å²) in [5.74, 6) is 3.68. The predicted molar refractivity (Wildman–Crippen MR) is 127 cm³/mol. The van der Waals surface area contributed by atoms with E-state index >= 15 is 0 Å². The Hall–Kier alpha value is -3.42. The number of esters is 1. The third kappa shape index (κ3) is 5.50. The molecule has 2 aromatic heterocycles. The van der Waals surface area contributed by atoms with Crippen LogP contribution < -0.4 is 15.0 Å². The van der Waals surface area contributed by atoms with Crippen molar-refractivity contribution in [2.75, 3.05) is 17.3 Å². The van der Waals surface area contributed by atoms with E-state index in [0.29, 0.717) is 36.0 Å². The Kier molecular flexibility index (Phi) is 6.24. The van der Waals surface area contributed by atoms with Gasteiger partial charge in [0.25, 0.3) is 0 Å². The molecule has 3 aromatic rings. The standard InChI is InChI=1S/C25H30N6O2/c1-31(19-11-7-17(8-12-19)15-24(32)33-20-5-3-2-4-6-20)25-26-14-13-22(28-25)27-23-16-21(29-30-23)18-9-10-18/h2-6,13-14,16-19H,7-12,15H2,1H3,(H2,26,27,28,29,30). The number of benzene rings is 1. The second-order valence-electron chi connectivity index (χ2n) is 9.13. The molecule has 8 heteroatoms. The van der Waals surface area contributed by atoms with E-state index in [-0.39, 0.29) is 5.97 Å². The molecule has 2 fully saturated rings. The van der Waals surface area contributed by atoms with Crippen LogP contribution in [-0.2, 0) is 4.79 Å². The predicted octanol–water partition coefficient (Wildman–Crippen LogP) is 4.81. The minimum absolute atomic E-state index is 0.150. The number of hydrogen-bond acceptors (Lipinski definition) is 7. The number of hydrogen-bond donors (Lipinski definition) is 2. The van der Waals surface area contributed by atoms with E-state index in [4.69, 9.17) is 9.72 Å². The smallest absolute Gasteiger partial charge is 0.311 e. The maximum Gasteiger partial charge on any atom is 0.311 e. The molecule has 2 aliphatic rings. The van der Waals surface area contributed by atoms with Crippen molar-refractivity contribution >= 4 is 23.6 Å². The molecular weight excluding hydrogens is 416 g/mol. The fourth-order valence-electron chi connectivity index (χ4n) is 4.52. The molecule has 0 unspecified atom stereocenters. The number of aromatic nitrogens is 4. The highest BCUT2D eigenvalue weighted by molar-refractivity contribution is 5.72. The number of carbonyl (C=O) groups excluding carboxylic acids is 1. The maximum absolute atomic E-state index is 12.3. The maximum atomic E-state index is 12.3. The third-order valence-electron chi connectivity index (χ3n) is 6.62. The number of nitrogens with one attached hydrogen (secondary N) is 2. The molecule has 2 heterocycles. The van der Waals surface area contributed by atoms with Gasteiger partial charge in [0.05, 0.1) is 0 Å². The highest BCUT2D eigenvalue weighted by Gasteiger charge is 2.28. The van der Waals surface area contributed by atoms with Gasteiger partial charge < -0.3 is 15.0 Å². The van der Waals surface area contributed by atoms with Gasteiger partial charge in [0.2, 0.25) is 5.95 Å². The van der Waals surface area contributed by atoms with Gasteiger partial charge >= 0.3 is 5.97 Å². The van der Waals surface area contributed by atoms with Crippen LogP contribution >= 0.6 is 0 Å². The second kappa shape index (κ2) is 9.60. The molecular formula is C25H30N6O2. The molecule has 33 heavy (non-hydrogen) atoms. The van der Waals surface area contributed by atoms with Gasteiger partial charge in [0.15, 0.2) is 5.82 Å².